The molecule has 2 rings (SSSR count). The lowest BCUT2D eigenvalue weighted by Gasteiger charge is -2.17. The van der Waals surface area contributed by atoms with Gasteiger partial charge in [0.15, 0.2) is 5.76 Å². The normalized spacial score (nSPS) is 18.3. The standard InChI is InChI=1S/C15H22O3/c1-17-11-13-9-10-14(18-13)15(16)12-7-5-3-2-4-6-8-12/h9-10,12H,2-8,11H2,1H3. The van der Waals surface area contributed by atoms with Gasteiger partial charge in [-0.2, -0.15) is 0 Å². The van der Waals surface area contributed by atoms with Crippen LogP contribution in [0.15, 0.2) is 16.5 Å². The van der Waals surface area contributed by atoms with Crippen molar-refractivity contribution in [2.75, 3.05) is 7.11 Å². The summed E-state index contributed by atoms with van der Waals surface area (Å²) >= 11 is 0. The third-order valence-corrected chi connectivity index (χ3v) is 3.67. The van der Waals surface area contributed by atoms with Crippen LogP contribution in [-0.2, 0) is 11.3 Å². The molecule has 0 unspecified atom stereocenters. The topological polar surface area (TPSA) is 39.4 Å². The minimum absolute atomic E-state index is 0.159. The van der Waals surface area contributed by atoms with Crippen LogP contribution in [0.2, 0.25) is 0 Å². The molecular formula is C15H22O3. The number of Topliss-reactive ketones (excluding diaryl/α,β-unsaturated/α-hetero) is 1. The number of carbonyl (C=O) groups excluding carboxylic acids is 1. The van der Waals surface area contributed by atoms with E-state index in [4.69, 9.17) is 9.15 Å². The van der Waals surface area contributed by atoms with Crippen LogP contribution >= 0.6 is 0 Å². The van der Waals surface area contributed by atoms with E-state index < -0.39 is 0 Å². The molecule has 3 nitrogen and oxygen atoms in total. The second-order valence-corrected chi connectivity index (χ2v) is 5.11. The molecular weight excluding hydrogens is 228 g/mol. The maximum atomic E-state index is 12.3. The van der Waals surface area contributed by atoms with E-state index in [2.05, 4.69) is 0 Å². The van der Waals surface area contributed by atoms with Crippen molar-refractivity contribution in [3.05, 3.63) is 23.7 Å². The van der Waals surface area contributed by atoms with Gasteiger partial charge in [0.2, 0.25) is 5.78 Å². The maximum Gasteiger partial charge on any atom is 0.201 e. The Morgan fingerprint density at radius 1 is 1.22 bits per heavy atom. The maximum absolute atomic E-state index is 12.3. The Hall–Kier alpha value is -1.09. The Labute approximate surface area is 109 Å². The molecule has 1 aliphatic rings. The molecule has 100 valence electrons. The SMILES string of the molecule is COCc1ccc(C(=O)C2CCCCCCC2)o1. The summed E-state index contributed by atoms with van der Waals surface area (Å²) in [7, 11) is 1.62. The minimum atomic E-state index is 0.159. The first-order valence-corrected chi connectivity index (χ1v) is 6.93. The first-order chi connectivity index (χ1) is 8.81. The quantitative estimate of drug-likeness (QED) is 0.759. The van der Waals surface area contributed by atoms with E-state index in [1.807, 2.05) is 6.07 Å². The third-order valence-electron chi connectivity index (χ3n) is 3.67. The van der Waals surface area contributed by atoms with Crippen LogP contribution < -0.4 is 0 Å². The highest BCUT2D eigenvalue weighted by Gasteiger charge is 2.23. The summed E-state index contributed by atoms with van der Waals surface area (Å²) in [4.78, 5) is 12.3. The highest BCUT2D eigenvalue weighted by molar-refractivity contribution is 5.95. The number of ether oxygens (including phenoxy) is 1. The van der Waals surface area contributed by atoms with Crippen molar-refractivity contribution in [1.82, 2.24) is 0 Å². The van der Waals surface area contributed by atoms with Gasteiger partial charge in [0.1, 0.15) is 12.4 Å². The molecule has 0 N–H and O–H groups in total. The predicted octanol–water partition coefficient (Wildman–Crippen LogP) is 3.97. The molecule has 3 heteroatoms. The Kier molecular flexibility index (Phi) is 5.00. The molecule has 0 atom stereocenters. The van der Waals surface area contributed by atoms with Gasteiger partial charge in [0, 0.05) is 13.0 Å². The molecule has 0 amide bonds. The van der Waals surface area contributed by atoms with Gasteiger partial charge < -0.3 is 9.15 Å². The summed E-state index contributed by atoms with van der Waals surface area (Å²) in [5.41, 5.74) is 0. The molecule has 0 aromatic carbocycles. The number of rotatable bonds is 4. The van der Waals surface area contributed by atoms with Crippen LogP contribution in [0.5, 0.6) is 0 Å². The molecule has 1 fully saturated rings. The summed E-state index contributed by atoms with van der Waals surface area (Å²) < 4.78 is 10.5. The summed E-state index contributed by atoms with van der Waals surface area (Å²) in [5.74, 6) is 1.57. The van der Waals surface area contributed by atoms with Crippen LogP contribution in [0.3, 0.4) is 0 Å². The Morgan fingerprint density at radius 2 is 1.89 bits per heavy atom. The zero-order valence-corrected chi connectivity index (χ0v) is 11.1. The van der Waals surface area contributed by atoms with Crippen molar-refractivity contribution in [3.63, 3.8) is 0 Å². The molecule has 18 heavy (non-hydrogen) atoms. The van der Waals surface area contributed by atoms with Crippen LogP contribution in [0, 0.1) is 5.92 Å². The first-order valence-electron chi connectivity index (χ1n) is 6.93. The lowest BCUT2D eigenvalue weighted by Crippen LogP contribution is -2.15. The predicted molar refractivity (Wildman–Crippen MR) is 69.6 cm³/mol. The number of furan rings is 1. The van der Waals surface area contributed by atoms with Gasteiger partial charge in [-0.25, -0.2) is 0 Å². The van der Waals surface area contributed by atoms with Gasteiger partial charge in [-0.3, -0.25) is 4.79 Å². The van der Waals surface area contributed by atoms with Gasteiger partial charge in [-0.15, -0.1) is 0 Å². The molecule has 1 saturated carbocycles. The van der Waals surface area contributed by atoms with Crippen molar-refractivity contribution in [1.29, 1.82) is 0 Å². The molecule has 0 bridgehead atoms. The number of hydrogen-bond acceptors (Lipinski definition) is 3. The van der Waals surface area contributed by atoms with E-state index in [1.165, 1.54) is 32.1 Å². The van der Waals surface area contributed by atoms with E-state index in [0.717, 1.165) is 18.6 Å². The number of methoxy groups -OCH3 is 1. The fourth-order valence-electron chi connectivity index (χ4n) is 2.65. The van der Waals surface area contributed by atoms with Gasteiger partial charge in [0.25, 0.3) is 0 Å². The monoisotopic (exact) mass is 250 g/mol. The van der Waals surface area contributed by atoms with E-state index in [0.29, 0.717) is 12.4 Å². The lowest BCUT2D eigenvalue weighted by molar-refractivity contribution is 0.0861. The van der Waals surface area contributed by atoms with Gasteiger partial charge in [0.05, 0.1) is 0 Å². The number of hydrogen-bond donors (Lipinski definition) is 0. The Bertz CT molecular complexity index is 373. The molecule has 1 heterocycles. The van der Waals surface area contributed by atoms with Crippen LogP contribution in [0.25, 0.3) is 0 Å². The zero-order chi connectivity index (χ0) is 12.8. The Balaban J connectivity index is 1.99. The van der Waals surface area contributed by atoms with Gasteiger partial charge >= 0.3 is 0 Å². The second kappa shape index (κ2) is 6.74. The molecule has 1 aromatic rings. The van der Waals surface area contributed by atoms with E-state index in [9.17, 15) is 4.79 Å². The molecule has 0 spiro atoms. The van der Waals surface area contributed by atoms with Crippen molar-refractivity contribution in [2.45, 2.75) is 51.6 Å². The largest absolute Gasteiger partial charge is 0.456 e. The van der Waals surface area contributed by atoms with Gasteiger partial charge in [-0.05, 0) is 25.0 Å². The van der Waals surface area contributed by atoms with Gasteiger partial charge in [-0.1, -0.05) is 32.1 Å². The zero-order valence-electron chi connectivity index (χ0n) is 11.1. The van der Waals surface area contributed by atoms with Crippen molar-refractivity contribution >= 4 is 5.78 Å². The minimum Gasteiger partial charge on any atom is -0.456 e. The lowest BCUT2D eigenvalue weighted by atomic mass is 9.87. The highest BCUT2D eigenvalue weighted by atomic mass is 16.5. The summed E-state index contributed by atoms with van der Waals surface area (Å²) in [6.07, 6.45) is 8.20. The summed E-state index contributed by atoms with van der Waals surface area (Å²) in [6.45, 7) is 0.429. The first kappa shape index (κ1) is 13.3. The van der Waals surface area contributed by atoms with Crippen molar-refractivity contribution < 1.29 is 13.9 Å². The molecule has 0 saturated heterocycles. The van der Waals surface area contributed by atoms with Crippen molar-refractivity contribution in [2.24, 2.45) is 5.92 Å². The fourth-order valence-corrected chi connectivity index (χ4v) is 2.65. The fraction of sp³-hybridized carbons (Fsp3) is 0.667. The molecule has 1 aromatic heterocycles. The van der Waals surface area contributed by atoms with E-state index in [-0.39, 0.29) is 11.7 Å². The molecule has 0 radical (unpaired) electrons. The van der Waals surface area contributed by atoms with Crippen LogP contribution in [-0.4, -0.2) is 12.9 Å². The smallest absolute Gasteiger partial charge is 0.201 e. The van der Waals surface area contributed by atoms with Crippen LogP contribution in [0.4, 0.5) is 0 Å². The Morgan fingerprint density at radius 3 is 2.56 bits per heavy atom. The van der Waals surface area contributed by atoms with Crippen molar-refractivity contribution in [3.8, 4) is 0 Å². The third kappa shape index (κ3) is 3.45. The summed E-state index contributed by atoms with van der Waals surface area (Å²) in [6, 6.07) is 3.62. The number of ketones is 1. The second-order valence-electron chi connectivity index (χ2n) is 5.11. The average molecular weight is 250 g/mol. The highest BCUT2D eigenvalue weighted by Crippen LogP contribution is 2.26. The molecule has 0 aliphatic heterocycles. The van der Waals surface area contributed by atoms with Crippen LogP contribution in [0.1, 0.15) is 61.3 Å². The van der Waals surface area contributed by atoms with E-state index >= 15 is 0 Å². The number of carbonyl (C=O) groups is 1. The van der Waals surface area contributed by atoms with E-state index in [1.54, 1.807) is 13.2 Å². The summed E-state index contributed by atoms with van der Waals surface area (Å²) in [5, 5.41) is 0. The molecule has 1 aliphatic carbocycles. The average Bonchev–Trinajstić information content (AvgIpc) is 2.77.